The first-order chi connectivity index (χ1) is 5.51. The van der Waals surface area contributed by atoms with Crippen LogP contribution in [0, 0.1) is 17.3 Å². The number of rotatable bonds is 3. The molecule has 0 aromatic carbocycles. The molecule has 12 heavy (non-hydrogen) atoms. The van der Waals surface area contributed by atoms with E-state index in [1.165, 1.54) is 0 Å². The summed E-state index contributed by atoms with van der Waals surface area (Å²) in [7, 11) is 1.56. The van der Waals surface area contributed by atoms with E-state index in [1.54, 1.807) is 13.4 Å². The van der Waals surface area contributed by atoms with Crippen LogP contribution in [-0.2, 0) is 9.53 Å². The number of hydrogen-bond acceptors (Lipinski definition) is 2. The number of allylic oxidation sites excluding steroid dienone is 1. The van der Waals surface area contributed by atoms with Crippen molar-refractivity contribution in [3.63, 3.8) is 0 Å². The summed E-state index contributed by atoms with van der Waals surface area (Å²) >= 11 is 0. The second-order valence-corrected chi connectivity index (χ2v) is 3.73. The van der Waals surface area contributed by atoms with Crippen LogP contribution in [-0.4, -0.2) is 18.2 Å². The van der Waals surface area contributed by atoms with Crippen LogP contribution in [0.2, 0.25) is 0 Å². The van der Waals surface area contributed by atoms with Crippen molar-refractivity contribution in [3.05, 3.63) is 12.3 Å². The van der Waals surface area contributed by atoms with E-state index < -0.39 is 5.97 Å². The van der Waals surface area contributed by atoms with E-state index in [4.69, 9.17) is 9.84 Å². The standard InChI is InChI=1S/C9H14O3/c1-9(2)6(4-5-12-3)7(9)8(10)11/h4-7H,1-3H3,(H,10,11)/b5-4-/t6-,7+/m1/s1. The van der Waals surface area contributed by atoms with Crippen LogP contribution in [0.5, 0.6) is 0 Å². The minimum absolute atomic E-state index is 0.110. The van der Waals surface area contributed by atoms with Gasteiger partial charge in [0.25, 0.3) is 0 Å². The van der Waals surface area contributed by atoms with Crippen molar-refractivity contribution in [2.24, 2.45) is 17.3 Å². The van der Waals surface area contributed by atoms with Crippen molar-refractivity contribution in [1.29, 1.82) is 0 Å². The fourth-order valence-electron chi connectivity index (χ4n) is 1.67. The van der Waals surface area contributed by atoms with Gasteiger partial charge in [-0.05, 0) is 17.4 Å². The van der Waals surface area contributed by atoms with Crippen LogP contribution in [0.1, 0.15) is 13.8 Å². The SMILES string of the molecule is CO/C=C\[C@@H]1[C@@H](C(=O)O)C1(C)C. The molecular weight excluding hydrogens is 156 g/mol. The molecule has 3 nitrogen and oxygen atoms in total. The Morgan fingerprint density at radius 1 is 1.58 bits per heavy atom. The second kappa shape index (κ2) is 2.81. The third-order valence-corrected chi connectivity index (χ3v) is 2.60. The molecule has 0 unspecified atom stereocenters. The molecule has 0 amide bonds. The van der Waals surface area contributed by atoms with Crippen LogP contribution in [0.3, 0.4) is 0 Å². The Morgan fingerprint density at radius 3 is 2.50 bits per heavy atom. The Morgan fingerprint density at radius 2 is 2.17 bits per heavy atom. The normalized spacial score (nSPS) is 31.9. The van der Waals surface area contributed by atoms with E-state index >= 15 is 0 Å². The first-order valence-electron chi connectivity index (χ1n) is 3.94. The summed E-state index contributed by atoms with van der Waals surface area (Å²) in [6.45, 7) is 3.91. The van der Waals surface area contributed by atoms with Gasteiger partial charge in [0.05, 0.1) is 19.3 Å². The number of ether oxygens (including phenoxy) is 1. The summed E-state index contributed by atoms with van der Waals surface area (Å²) in [6, 6.07) is 0. The molecule has 0 bridgehead atoms. The van der Waals surface area contributed by atoms with Gasteiger partial charge in [0, 0.05) is 0 Å². The van der Waals surface area contributed by atoms with Gasteiger partial charge in [-0.25, -0.2) is 0 Å². The van der Waals surface area contributed by atoms with E-state index in [1.807, 2.05) is 19.9 Å². The average Bonchev–Trinajstić information content (AvgIpc) is 2.49. The molecule has 0 heterocycles. The van der Waals surface area contributed by atoms with E-state index in [2.05, 4.69) is 0 Å². The van der Waals surface area contributed by atoms with Crippen molar-refractivity contribution in [3.8, 4) is 0 Å². The minimum Gasteiger partial charge on any atom is -0.505 e. The van der Waals surface area contributed by atoms with Gasteiger partial charge in [0.1, 0.15) is 0 Å². The lowest BCUT2D eigenvalue weighted by Gasteiger charge is -1.96. The van der Waals surface area contributed by atoms with Gasteiger partial charge >= 0.3 is 5.97 Å². The molecule has 3 heteroatoms. The maximum absolute atomic E-state index is 10.7. The molecule has 0 aliphatic heterocycles. The molecule has 0 spiro atoms. The van der Waals surface area contributed by atoms with Crippen molar-refractivity contribution < 1.29 is 14.6 Å². The maximum Gasteiger partial charge on any atom is 0.307 e. The molecule has 2 atom stereocenters. The summed E-state index contributed by atoms with van der Waals surface area (Å²) in [5.41, 5.74) is -0.110. The predicted molar refractivity (Wildman–Crippen MR) is 44.5 cm³/mol. The van der Waals surface area contributed by atoms with Crippen LogP contribution in [0.4, 0.5) is 0 Å². The van der Waals surface area contributed by atoms with Crippen molar-refractivity contribution in [2.75, 3.05) is 7.11 Å². The lowest BCUT2D eigenvalue weighted by atomic mass is 10.1. The number of carbonyl (C=O) groups is 1. The second-order valence-electron chi connectivity index (χ2n) is 3.73. The number of methoxy groups -OCH3 is 1. The Hall–Kier alpha value is -0.990. The first-order valence-corrected chi connectivity index (χ1v) is 3.94. The summed E-state index contributed by atoms with van der Waals surface area (Å²) in [5.74, 6) is -0.843. The van der Waals surface area contributed by atoms with Gasteiger partial charge in [-0.2, -0.15) is 0 Å². The number of aliphatic carboxylic acids is 1. The summed E-state index contributed by atoms with van der Waals surface area (Å²) < 4.78 is 4.74. The highest BCUT2D eigenvalue weighted by Crippen LogP contribution is 2.58. The fraction of sp³-hybridized carbons (Fsp3) is 0.667. The zero-order valence-electron chi connectivity index (χ0n) is 7.57. The van der Waals surface area contributed by atoms with Gasteiger partial charge in [0.2, 0.25) is 0 Å². The molecule has 1 fully saturated rings. The highest BCUT2D eigenvalue weighted by Gasteiger charge is 2.60. The smallest absolute Gasteiger partial charge is 0.307 e. The Balaban J connectivity index is 2.60. The van der Waals surface area contributed by atoms with E-state index in [-0.39, 0.29) is 17.3 Å². The third-order valence-electron chi connectivity index (χ3n) is 2.60. The summed E-state index contributed by atoms with van der Waals surface area (Å²) in [5, 5.41) is 8.78. The van der Waals surface area contributed by atoms with E-state index in [0.29, 0.717) is 0 Å². The quantitative estimate of drug-likeness (QED) is 0.653. The molecule has 1 saturated carbocycles. The summed E-state index contributed by atoms with van der Waals surface area (Å²) in [4.78, 5) is 10.7. The average molecular weight is 170 g/mol. The molecule has 0 saturated heterocycles. The Kier molecular flexibility index (Phi) is 2.13. The molecule has 1 N–H and O–H groups in total. The zero-order chi connectivity index (χ0) is 9.35. The largest absolute Gasteiger partial charge is 0.505 e. The monoisotopic (exact) mass is 170 g/mol. The van der Waals surface area contributed by atoms with Crippen molar-refractivity contribution >= 4 is 5.97 Å². The van der Waals surface area contributed by atoms with Gasteiger partial charge in [-0.3, -0.25) is 4.79 Å². The lowest BCUT2D eigenvalue weighted by Crippen LogP contribution is -2.02. The van der Waals surface area contributed by atoms with Crippen LogP contribution >= 0.6 is 0 Å². The topological polar surface area (TPSA) is 46.5 Å². The van der Waals surface area contributed by atoms with Gasteiger partial charge in [0.15, 0.2) is 0 Å². The van der Waals surface area contributed by atoms with Crippen molar-refractivity contribution in [1.82, 2.24) is 0 Å². The highest BCUT2D eigenvalue weighted by atomic mass is 16.5. The fourth-order valence-corrected chi connectivity index (χ4v) is 1.67. The lowest BCUT2D eigenvalue weighted by molar-refractivity contribution is -0.139. The number of carboxylic acid groups (broad SMARTS) is 1. The Labute approximate surface area is 72.0 Å². The predicted octanol–water partition coefficient (Wildman–Crippen LogP) is 1.50. The molecule has 1 rings (SSSR count). The molecular formula is C9H14O3. The number of hydrogen-bond donors (Lipinski definition) is 1. The van der Waals surface area contributed by atoms with E-state index in [0.717, 1.165) is 0 Å². The highest BCUT2D eigenvalue weighted by molar-refractivity contribution is 5.76. The zero-order valence-corrected chi connectivity index (χ0v) is 7.57. The number of carboxylic acids is 1. The first kappa shape index (κ1) is 9.10. The molecule has 1 aliphatic carbocycles. The van der Waals surface area contributed by atoms with Gasteiger partial charge in [-0.15, -0.1) is 0 Å². The molecule has 0 aromatic rings. The van der Waals surface area contributed by atoms with Crippen LogP contribution in [0.25, 0.3) is 0 Å². The summed E-state index contributed by atoms with van der Waals surface area (Å²) in [6.07, 6.45) is 3.37. The van der Waals surface area contributed by atoms with Crippen LogP contribution < -0.4 is 0 Å². The van der Waals surface area contributed by atoms with Gasteiger partial charge in [-0.1, -0.05) is 13.8 Å². The molecule has 0 radical (unpaired) electrons. The van der Waals surface area contributed by atoms with Crippen molar-refractivity contribution in [2.45, 2.75) is 13.8 Å². The van der Waals surface area contributed by atoms with E-state index in [9.17, 15) is 4.79 Å². The molecule has 1 aliphatic rings. The molecule has 68 valence electrons. The third kappa shape index (κ3) is 1.31. The van der Waals surface area contributed by atoms with Gasteiger partial charge < -0.3 is 9.84 Å². The minimum atomic E-state index is -0.717. The Bertz CT molecular complexity index is 218. The maximum atomic E-state index is 10.7. The van der Waals surface area contributed by atoms with Crippen LogP contribution in [0.15, 0.2) is 12.3 Å². The molecule has 0 aromatic heterocycles.